The Morgan fingerprint density at radius 3 is 2.65 bits per heavy atom. The molecule has 6 nitrogen and oxygen atoms in total. The van der Waals surface area contributed by atoms with Gasteiger partial charge in [-0.05, 0) is 25.1 Å². The van der Waals surface area contributed by atoms with Crippen molar-refractivity contribution in [2.24, 2.45) is 5.73 Å². The highest BCUT2D eigenvalue weighted by atomic mass is 35.5. The Kier molecular flexibility index (Phi) is 5.72. The van der Waals surface area contributed by atoms with E-state index in [1.807, 2.05) is 0 Å². The first-order valence-corrected chi connectivity index (χ1v) is 6.42. The number of imide groups is 1. The number of ether oxygens (including phenoxy) is 1. The molecule has 4 N–H and O–H groups in total. The van der Waals surface area contributed by atoms with Gasteiger partial charge in [-0.1, -0.05) is 23.8 Å². The van der Waals surface area contributed by atoms with Crippen LogP contribution in [0.5, 0.6) is 5.75 Å². The molecular weight excluding hydrogens is 302 g/mol. The first kappa shape index (κ1) is 16.2. The molecule has 1 rings (SSSR count). The van der Waals surface area contributed by atoms with Crippen molar-refractivity contribution in [1.82, 2.24) is 10.6 Å². The van der Waals surface area contributed by atoms with E-state index in [0.29, 0.717) is 10.6 Å². The Hall–Kier alpha value is -1.86. The molecule has 0 radical (unpaired) electrons. The minimum Gasteiger partial charge on any atom is -0.480 e. The van der Waals surface area contributed by atoms with Crippen LogP contribution < -0.4 is 21.1 Å². The fourth-order valence-corrected chi connectivity index (χ4v) is 1.65. The summed E-state index contributed by atoms with van der Waals surface area (Å²) in [6.45, 7) is 1.49. The van der Waals surface area contributed by atoms with Crippen LogP contribution in [-0.2, 0) is 4.79 Å². The molecule has 1 atom stereocenters. The number of urea groups is 1. The summed E-state index contributed by atoms with van der Waals surface area (Å²) in [6.07, 6.45) is -0.918. The quantitative estimate of drug-likeness (QED) is 0.726. The number of nitrogens with two attached hydrogens (primary N) is 1. The maximum atomic E-state index is 11.7. The van der Waals surface area contributed by atoms with Crippen LogP contribution in [0, 0.1) is 0 Å². The lowest BCUT2D eigenvalue weighted by Crippen LogP contribution is -2.44. The molecule has 0 bridgehead atoms. The third-order valence-corrected chi connectivity index (χ3v) is 2.80. The van der Waals surface area contributed by atoms with E-state index in [-0.39, 0.29) is 10.7 Å². The van der Waals surface area contributed by atoms with E-state index in [9.17, 15) is 9.59 Å². The van der Waals surface area contributed by atoms with Gasteiger partial charge in [0, 0.05) is 12.1 Å². The highest BCUT2D eigenvalue weighted by molar-refractivity contribution is 7.80. The van der Waals surface area contributed by atoms with Crippen LogP contribution in [-0.4, -0.2) is 30.1 Å². The number of thiocarbonyl (C=S) groups is 1. The third-order valence-electron chi connectivity index (χ3n) is 2.35. The summed E-state index contributed by atoms with van der Waals surface area (Å²) in [7, 11) is 1.40. The van der Waals surface area contributed by atoms with Crippen LogP contribution in [0.1, 0.15) is 12.5 Å². The molecular formula is C12H14ClN3O3S. The van der Waals surface area contributed by atoms with Crippen LogP contribution in [0.15, 0.2) is 18.2 Å². The Labute approximate surface area is 126 Å². The van der Waals surface area contributed by atoms with E-state index in [1.165, 1.54) is 20.0 Å². The number of benzene rings is 1. The number of nitrogens with one attached hydrogen (secondary N) is 2. The van der Waals surface area contributed by atoms with Gasteiger partial charge in [0.05, 0.1) is 5.56 Å². The van der Waals surface area contributed by atoms with Gasteiger partial charge in [0.15, 0.2) is 6.10 Å². The second-order valence-electron chi connectivity index (χ2n) is 3.83. The van der Waals surface area contributed by atoms with E-state index >= 15 is 0 Å². The second kappa shape index (κ2) is 7.06. The predicted octanol–water partition coefficient (Wildman–Crippen LogP) is 1.20. The summed E-state index contributed by atoms with van der Waals surface area (Å²) in [5.41, 5.74) is 6.02. The van der Waals surface area contributed by atoms with Crippen LogP contribution in [0.3, 0.4) is 0 Å². The average Bonchev–Trinajstić information content (AvgIpc) is 2.38. The molecule has 0 spiro atoms. The number of halogens is 1. The van der Waals surface area contributed by atoms with Crippen molar-refractivity contribution in [3.63, 3.8) is 0 Å². The van der Waals surface area contributed by atoms with Crippen LogP contribution >= 0.6 is 23.8 Å². The van der Waals surface area contributed by atoms with Gasteiger partial charge in [-0.15, -0.1) is 0 Å². The molecule has 0 heterocycles. The van der Waals surface area contributed by atoms with Crippen LogP contribution in [0.4, 0.5) is 4.79 Å². The van der Waals surface area contributed by atoms with Crippen molar-refractivity contribution in [3.05, 3.63) is 28.8 Å². The van der Waals surface area contributed by atoms with Gasteiger partial charge in [0.2, 0.25) is 0 Å². The van der Waals surface area contributed by atoms with Gasteiger partial charge in [-0.2, -0.15) is 0 Å². The molecule has 0 aliphatic heterocycles. The molecule has 0 aliphatic carbocycles. The maximum Gasteiger partial charge on any atom is 0.321 e. The Balaban J connectivity index is 2.87. The van der Waals surface area contributed by atoms with Crippen LogP contribution in [0.25, 0.3) is 0 Å². The molecule has 0 fully saturated rings. The Morgan fingerprint density at radius 1 is 1.45 bits per heavy atom. The summed E-state index contributed by atoms with van der Waals surface area (Å²) in [5.74, 6) is -0.317. The van der Waals surface area contributed by atoms with E-state index in [4.69, 9.17) is 34.3 Å². The summed E-state index contributed by atoms with van der Waals surface area (Å²) in [6, 6.07) is 4.09. The molecule has 1 unspecified atom stereocenters. The topological polar surface area (TPSA) is 93.5 Å². The second-order valence-corrected chi connectivity index (χ2v) is 4.71. The lowest BCUT2D eigenvalue weighted by atomic mass is 10.2. The molecule has 0 saturated heterocycles. The molecule has 20 heavy (non-hydrogen) atoms. The van der Waals surface area contributed by atoms with Crippen LogP contribution in [0.2, 0.25) is 5.02 Å². The first-order chi connectivity index (χ1) is 9.35. The van der Waals surface area contributed by atoms with Crippen molar-refractivity contribution in [2.75, 3.05) is 7.05 Å². The maximum absolute atomic E-state index is 11.7. The van der Waals surface area contributed by atoms with E-state index in [1.54, 1.807) is 12.1 Å². The Bertz CT molecular complexity index is 551. The molecule has 0 aromatic heterocycles. The van der Waals surface area contributed by atoms with E-state index < -0.39 is 18.0 Å². The highest BCUT2D eigenvalue weighted by Gasteiger charge is 2.19. The summed E-state index contributed by atoms with van der Waals surface area (Å²) in [4.78, 5) is 22.9. The largest absolute Gasteiger partial charge is 0.480 e. The molecule has 108 valence electrons. The monoisotopic (exact) mass is 315 g/mol. The van der Waals surface area contributed by atoms with Crippen molar-refractivity contribution < 1.29 is 14.3 Å². The minimum atomic E-state index is -0.918. The molecule has 0 aliphatic rings. The number of rotatable bonds is 4. The number of hydrogen-bond donors (Lipinski definition) is 3. The predicted molar refractivity (Wildman–Crippen MR) is 80.0 cm³/mol. The average molecular weight is 316 g/mol. The molecule has 3 amide bonds. The lowest BCUT2D eigenvalue weighted by molar-refractivity contribution is -0.126. The number of hydrogen-bond acceptors (Lipinski definition) is 4. The van der Waals surface area contributed by atoms with Crippen molar-refractivity contribution in [1.29, 1.82) is 0 Å². The summed E-state index contributed by atoms with van der Waals surface area (Å²) >= 11 is 10.8. The molecule has 0 saturated carbocycles. The zero-order valence-electron chi connectivity index (χ0n) is 10.9. The SMILES string of the molecule is CNC(=O)NC(=O)C(C)Oc1cc(Cl)ccc1C(N)=S. The van der Waals surface area contributed by atoms with Gasteiger partial charge in [-0.3, -0.25) is 10.1 Å². The van der Waals surface area contributed by atoms with Crippen molar-refractivity contribution in [3.8, 4) is 5.75 Å². The normalized spacial score (nSPS) is 11.3. The number of amides is 3. The van der Waals surface area contributed by atoms with E-state index in [2.05, 4.69) is 10.6 Å². The van der Waals surface area contributed by atoms with Crippen molar-refractivity contribution in [2.45, 2.75) is 13.0 Å². The fourth-order valence-electron chi connectivity index (χ4n) is 1.32. The lowest BCUT2D eigenvalue weighted by Gasteiger charge is -2.16. The zero-order chi connectivity index (χ0) is 15.3. The molecule has 8 heteroatoms. The Morgan fingerprint density at radius 2 is 2.10 bits per heavy atom. The van der Waals surface area contributed by atoms with Gasteiger partial charge >= 0.3 is 6.03 Å². The van der Waals surface area contributed by atoms with Crippen molar-refractivity contribution >= 4 is 40.7 Å². The molecule has 1 aromatic rings. The zero-order valence-corrected chi connectivity index (χ0v) is 12.5. The van der Waals surface area contributed by atoms with Gasteiger partial charge < -0.3 is 15.8 Å². The van der Waals surface area contributed by atoms with Gasteiger partial charge in [0.25, 0.3) is 5.91 Å². The highest BCUT2D eigenvalue weighted by Crippen LogP contribution is 2.24. The summed E-state index contributed by atoms with van der Waals surface area (Å²) in [5, 5.41) is 4.78. The molecule has 1 aromatic carbocycles. The smallest absolute Gasteiger partial charge is 0.321 e. The minimum absolute atomic E-state index is 0.121. The number of carbonyl (C=O) groups excluding carboxylic acids is 2. The summed E-state index contributed by atoms with van der Waals surface area (Å²) < 4.78 is 5.45. The van der Waals surface area contributed by atoms with Gasteiger partial charge in [-0.25, -0.2) is 4.79 Å². The van der Waals surface area contributed by atoms with E-state index in [0.717, 1.165) is 0 Å². The third kappa shape index (κ3) is 4.36. The fraction of sp³-hybridized carbons (Fsp3) is 0.250. The first-order valence-electron chi connectivity index (χ1n) is 5.63. The standard InChI is InChI=1S/C12H14ClN3O3S/c1-6(11(17)16-12(18)15-2)19-9-5-7(13)3-4-8(9)10(14)20/h3-6H,1-2H3,(H2,14,20)(H2,15,16,17,18). The number of carbonyl (C=O) groups is 2. The van der Waals surface area contributed by atoms with Gasteiger partial charge in [0.1, 0.15) is 10.7 Å².